The lowest BCUT2D eigenvalue weighted by atomic mass is 9.87. The van der Waals surface area contributed by atoms with E-state index in [1.54, 1.807) is 22.7 Å². The van der Waals surface area contributed by atoms with E-state index in [2.05, 4.69) is 100 Å². The molecule has 0 N–H and O–H groups in total. The number of benzene rings is 4. The van der Waals surface area contributed by atoms with E-state index in [-0.39, 0.29) is 0 Å². The van der Waals surface area contributed by atoms with Gasteiger partial charge in [0.15, 0.2) is 0 Å². The molecule has 0 aliphatic carbocycles. The Morgan fingerprint density at radius 3 is 1.21 bits per heavy atom. The van der Waals surface area contributed by atoms with Crippen LogP contribution in [-0.4, -0.2) is 9.97 Å². The van der Waals surface area contributed by atoms with Crippen LogP contribution >= 0.6 is 22.7 Å². The van der Waals surface area contributed by atoms with Gasteiger partial charge in [-0.1, -0.05) is 24.3 Å². The Balaban J connectivity index is 1.44. The van der Waals surface area contributed by atoms with Crippen molar-refractivity contribution in [2.45, 2.75) is 27.7 Å². The first-order chi connectivity index (χ1) is 16.5. The fourth-order valence-electron chi connectivity index (χ4n) is 4.95. The number of hydrogen-bond donors (Lipinski definition) is 0. The van der Waals surface area contributed by atoms with E-state index in [4.69, 9.17) is 9.97 Å². The number of thiazole rings is 2. The first-order valence-electron chi connectivity index (χ1n) is 11.4. The maximum atomic E-state index is 4.88. The van der Waals surface area contributed by atoms with E-state index < -0.39 is 0 Å². The van der Waals surface area contributed by atoms with Gasteiger partial charge < -0.3 is 0 Å². The molecule has 6 rings (SSSR count). The van der Waals surface area contributed by atoms with Crippen LogP contribution in [0.25, 0.3) is 52.7 Å². The monoisotopic (exact) mass is 476 g/mol. The lowest BCUT2D eigenvalue weighted by Gasteiger charge is -2.18. The van der Waals surface area contributed by atoms with Gasteiger partial charge >= 0.3 is 0 Å². The van der Waals surface area contributed by atoms with Crippen LogP contribution in [-0.2, 0) is 0 Å². The summed E-state index contributed by atoms with van der Waals surface area (Å²) >= 11 is 3.52. The van der Waals surface area contributed by atoms with Gasteiger partial charge in [0.2, 0.25) is 0 Å². The Labute approximate surface area is 207 Å². The van der Waals surface area contributed by atoms with Gasteiger partial charge in [0.25, 0.3) is 0 Å². The van der Waals surface area contributed by atoms with E-state index in [0.717, 1.165) is 21.0 Å². The maximum Gasteiger partial charge on any atom is 0.124 e. The molecule has 0 unspecified atom stereocenters. The van der Waals surface area contributed by atoms with Gasteiger partial charge in [-0.05, 0) is 110 Å². The van der Waals surface area contributed by atoms with Gasteiger partial charge in [-0.15, -0.1) is 22.7 Å². The highest BCUT2D eigenvalue weighted by Gasteiger charge is 2.17. The van der Waals surface area contributed by atoms with E-state index >= 15 is 0 Å². The maximum absolute atomic E-state index is 4.88. The molecule has 0 radical (unpaired) electrons. The lowest BCUT2D eigenvalue weighted by Crippen LogP contribution is -1.96. The molecule has 0 aliphatic rings. The van der Waals surface area contributed by atoms with E-state index in [1.165, 1.54) is 53.9 Å². The van der Waals surface area contributed by atoms with Crippen LogP contribution in [0.1, 0.15) is 22.3 Å². The highest BCUT2D eigenvalue weighted by atomic mass is 32.1. The third kappa shape index (κ3) is 3.54. The Morgan fingerprint density at radius 2 is 0.853 bits per heavy atom. The van der Waals surface area contributed by atoms with Crippen LogP contribution in [0, 0.1) is 27.7 Å². The normalized spacial score (nSPS) is 11.5. The number of para-hydroxylation sites is 2. The fraction of sp³-hybridized carbons (Fsp3) is 0.133. The Hall–Kier alpha value is -3.34. The topological polar surface area (TPSA) is 25.8 Å². The molecule has 2 nitrogen and oxygen atoms in total. The summed E-state index contributed by atoms with van der Waals surface area (Å²) in [6.45, 7) is 8.89. The zero-order valence-corrected chi connectivity index (χ0v) is 21.3. The molecular weight excluding hydrogens is 452 g/mol. The van der Waals surface area contributed by atoms with Crippen molar-refractivity contribution in [3.63, 3.8) is 0 Å². The predicted molar refractivity (Wildman–Crippen MR) is 148 cm³/mol. The van der Waals surface area contributed by atoms with Crippen molar-refractivity contribution >= 4 is 43.1 Å². The SMILES string of the molecule is Cc1cc(-c2nc3ccccc3s2)cc(C)c1-c1c(C)cc(-c2nc3ccccc3s2)cc1C. The summed E-state index contributed by atoms with van der Waals surface area (Å²) in [7, 11) is 0. The predicted octanol–water partition coefficient (Wildman–Crippen LogP) is 9.14. The molecule has 0 atom stereocenters. The summed E-state index contributed by atoms with van der Waals surface area (Å²) in [6, 6.07) is 25.9. The Bertz CT molecular complexity index is 1460. The highest BCUT2D eigenvalue weighted by molar-refractivity contribution is 7.22. The number of aromatic nitrogens is 2. The summed E-state index contributed by atoms with van der Waals surface area (Å²) in [5.41, 5.74) is 12.3. The van der Waals surface area contributed by atoms with Crippen molar-refractivity contribution in [1.82, 2.24) is 9.97 Å². The summed E-state index contributed by atoms with van der Waals surface area (Å²) in [5.74, 6) is 0. The lowest BCUT2D eigenvalue weighted by molar-refractivity contribution is 1.31. The van der Waals surface area contributed by atoms with Crippen molar-refractivity contribution in [2.24, 2.45) is 0 Å². The van der Waals surface area contributed by atoms with Crippen molar-refractivity contribution in [1.29, 1.82) is 0 Å². The molecule has 2 heterocycles. The first kappa shape index (κ1) is 21.2. The number of aryl methyl sites for hydroxylation is 4. The molecule has 0 saturated heterocycles. The largest absolute Gasteiger partial charge is 0.236 e. The van der Waals surface area contributed by atoms with Crippen molar-refractivity contribution in [3.05, 3.63) is 95.1 Å². The molecule has 166 valence electrons. The summed E-state index contributed by atoms with van der Waals surface area (Å²) in [4.78, 5) is 9.76. The van der Waals surface area contributed by atoms with E-state index in [0.29, 0.717) is 0 Å². The summed E-state index contributed by atoms with van der Waals surface area (Å²) < 4.78 is 2.46. The molecule has 4 heteroatoms. The molecule has 0 aliphatic heterocycles. The average Bonchev–Trinajstić information content (AvgIpc) is 3.44. The molecule has 0 saturated carbocycles. The average molecular weight is 477 g/mol. The summed E-state index contributed by atoms with van der Waals surface area (Å²) in [5, 5.41) is 2.16. The second kappa shape index (κ2) is 8.15. The molecule has 0 bridgehead atoms. The molecule has 6 aromatic rings. The zero-order chi connectivity index (χ0) is 23.4. The fourth-order valence-corrected chi connectivity index (χ4v) is 6.86. The van der Waals surface area contributed by atoms with Gasteiger partial charge in [0, 0.05) is 11.1 Å². The summed E-state index contributed by atoms with van der Waals surface area (Å²) in [6.07, 6.45) is 0. The van der Waals surface area contributed by atoms with Crippen molar-refractivity contribution < 1.29 is 0 Å². The minimum atomic E-state index is 1.07. The molecule has 0 amide bonds. The number of hydrogen-bond acceptors (Lipinski definition) is 4. The smallest absolute Gasteiger partial charge is 0.124 e. The number of fused-ring (bicyclic) bond motifs is 2. The first-order valence-corrected chi connectivity index (χ1v) is 13.1. The Morgan fingerprint density at radius 1 is 0.500 bits per heavy atom. The van der Waals surface area contributed by atoms with Gasteiger partial charge in [-0.2, -0.15) is 0 Å². The second-order valence-electron chi connectivity index (χ2n) is 8.94. The standard InChI is InChI=1S/C30H24N2S2/c1-17-13-21(29-31-23-9-5-7-11-25(23)33-29)14-18(2)27(17)28-19(3)15-22(16-20(28)4)30-32-24-10-6-8-12-26(24)34-30/h5-16H,1-4H3. The zero-order valence-electron chi connectivity index (χ0n) is 19.6. The van der Waals surface area contributed by atoms with Gasteiger partial charge in [-0.3, -0.25) is 0 Å². The van der Waals surface area contributed by atoms with E-state index in [9.17, 15) is 0 Å². The third-order valence-electron chi connectivity index (χ3n) is 6.40. The highest BCUT2D eigenvalue weighted by Crippen LogP contribution is 2.40. The van der Waals surface area contributed by atoms with Gasteiger partial charge in [-0.25, -0.2) is 9.97 Å². The number of nitrogens with zero attached hydrogens (tertiary/aromatic N) is 2. The van der Waals surface area contributed by atoms with Crippen molar-refractivity contribution in [2.75, 3.05) is 0 Å². The number of rotatable bonds is 3. The van der Waals surface area contributed by atoms with Gasteiger partial charge in [0.1, 0.15) is 10.0 Å². The van der Waals surface area contributed by atoms with Crippen LogP contribution < -0.4 is 0 Å². The van der Waals surface area contributed by atoms with Crippen LogP contribution in [0.3, 0.4) is 0 Å². The Kier molecular flexibility index (Phi) is 5.09. The van der Waals surface area contributed by atoms with Crippen LogP contribution in [0.2, 0.25) is 0 Å². The molecular formula is C30H24N2S2. The molecule has 0 fully saturated rings. The molecule has 34 heavy (non-hydrogen) atoms. The molecule has 0 spiro atoms. The quantitative estimate of drug-likeness (QED) is 0.254. The minimum Gasteiger partial charge on any atom is -0.236 e. The van der Waals surface area contributed by atoms with Crippen LogP contribution in [0.15, 0.2) is 72.8 Å². The molecule has 4 aromatic carbocycles. The second-order valence-corrected chi connectivity index (χ2v) is 11.0. The van der Waals surface area contributed by atoms with Gasteiger partial charge in [0.05, 0.1) is 20.4 Å². The van der Waals surface area contributed by atoms with E-state index in [1.807, 2.05) is 0 Å². The molecule has 2 aromatic heterocycles. The van der Waals surface area contributed by atoms with Crippen molar-refractivity contribution in [3.8, 4) is 32.3 Å². The van der Waals surface area contributed by atoms with Crippen LogP contribution in [0.4, 0.5) is 0 Å². The third-order valence-corrected chi connectivity index (χ3v) is 8.57. The van der Waals surface area contributed by atoms with Crippen LogP contribution in [0.5, 0.6) is 0 Å². The minimum absolute atomic E-state index is 1.07.